The highest BCUT2D eigenvalue weighted by Crippen LogP contribution is 2.31. The molecule has 0 atom stereocenters. The zero-order chi connectivity index (χ0) is 19.8. The summed E-state index contributed by atoms with van der Waals surface area (Å²) < 4.78 is 0. The maximum atomic E-state index is 4.79. The van der Waals surface area contributed by atoms with Crippen LogP contribution in [0, 0.1) is 17.8 Å². The first-order valence-corrected chi connectivity index (χ1v) is 11.1. The van der Waals surface area contributed by atoms with Crippen LogP contribution in [-0.4, -0.2) is 27.1 Å². The summed E-state index contributed by atoms with van der Waals surface area (Å²) in [7, 11) is 0. The van der Waals surface area contributed by atoms with E-state index in [0.29, 0.717) is 17.9 Å². The number of nitrogens with one attached hydrogen (secondary N) is 2. The van der Waals surface area contributed by atoms with E-state index in [2.05, 4.69) is 67.3 Å². The van der Waals surface area contributed by atoms with Gasteiger partial charge in [-0.1, -0.05) is 18.3 Å². The highest BCUT2D eigenvalue weighted by Gasteiger charge is 2.37. The molecular weight excluding hydrogens is 364 g/mol. The molecule has 2 N–H and O–H groups in total. The van der Waals surface area contributed by atoms with Gasteiger partial charge >= 0.3 is 0 Å². The number of anilines is 1. The maximum Gasteiger partial charge on any atom is 0.223 e. The topological polar surface area (TPSA) is 49.8 Å². The van der Waals surface area contributed by atoms with Gasteiger partial charge in [0, 0.05) is 29.2 Å². The van der Waals surface area contributed by atoms with Crippen LogP contribution in [0.5, 0.6) is 0 Å². The Morgan fingerprint density at radius 3 is 2.54 bits per heavy atom. The molecule has 5 heteroatoms. The van der Waals surface area contributed by atoms with Crippen LogP contribution in [0.2, 0.25) is 0 Å². The molecule has 4 nitrogen and oxygen atoms in total. The largest absolute Gasteiger partial charge is 0.351 e. The van der Waals surface area contributed by atoms with Crippen LogP contribution < -0.4 is 10.6 Å². The minimum Gasteiger partial charge on any atom is -0.351 e. The summed E-state index contributed by atoms with van der Waals surface area (Å²) in [5.41, 5.74) is 1.16. The molecule has 0 aromatic carbocycles. The van der Waals surface area contributed by atoms with E-state index in [9.17, 15) is 0 Å². The molecule has 1 aliphatic carbocycles. The molecule has 3 heterocycles. The Hall–Kier alpha value is -1.90. The Balaban J connectivity index is 1.47. The monoisotopic (exact) mass is 394 g/mol. The highest BCUT2D eigenvalue weighted by atomic mass is 32.1. The Morgan fingerprint density at radius 1 is 1.11 bits per heavy atom. The van der Waals surface area contributed by atoms with E-state index in [1.807, 2.05) is 12.3 Å². The summed E-state index contributed by atoms with van der Waals surface area (Å²) in [6.45, 7) is 9.05. The average molecular weight is 395 g/mol. The molecule has 2 aromatic rings. The van der Waals surface area contributed by atoms with Crippen molar-refractivity contribution in [3.05, 3.63) is 29.3 Å². The molecule has 0 spiro atoms. The van der Waals surface area contributed by atoms with Gasteiger partial charge < -0.3 is 10.6 Å². The zero-order valence-electron chi connectivity index (χ0n) is 17.3. The second-order valence-electron chi connectivity index (χ2n) is 9.47. The van der Waals surface area contributed by atoms with Gasteiger partial charge in [0.05, 0.1) is 15.4 Å². The Kier molecular flexibility index (Phi) is 5.20. The molecule has 148 valence electrons. The minimum atomic E-state index is 0.0960. The fraction of sp³-hybridized carbons (Fsp3) is 0.565. The molecule has 0 amide bonds. The third-order valence-electron chi connectivity index (χ3n) is 5.54. The van der Waals surface area contributed by atoms with Crippen LogP contribution >= 0.6 is 11.3 Å². The Bertz CT molecular complexity index is 883. The normalized spacial score (nSPS) is 21.4. The second kappa shape index (κ2) is 7.50. The van der Waals surface area contributed by atoms with Gasteiger partial charge in [-0.05, 0) is 71.6 Å². The SMILES string of the molecule is CC1(C)CC(Nc2nccc(-c3ccc(C#CC4CCC4)s3)n2)CC(C)(C)N1. The molecule has 0 bridgehead atoms. The van der Waals surface area contributed by atoms with E-state index < -0.39 is 0 Å². The first-order chi connectivity index (χ1) is 13.3. The van der Waals surface area contributed by atoms with Gasteiger partial charge in [-0.3, -0.25) is 0 Å². The Morgan fingerprint density at radius 2 is 1.86 bits per heavy atom. The number of nitrogens with zero attached hydrogens (tertiary/aromatic N) is 2. The van der Waals surface area contributed by atoms with Gasteiger partial charge in [-0.25, -0.2) is 9.97 Å². The van der Waals surface area contributed by atoms with Crippen molar-refractivity contribution in [1.29, 1.82) is 0 Å². The predicted molar refractivity (Wildman–Crippen MR) is 118 cm³/mol. The fourth-order valence-corrected chi connectivity index (χ4v) is 5.28. The molecule has 2 aliphatic rings. The van der Waals surface area contributed by atoms with Crippen molar-refractivity contribution in [3.8, 4) is 22.4 Å². The number of piperidine rings is 1. The van der Waals surface area contributed by atoms with Gasteiger partial charge in [0.2, 0.25) is 5.95 Å². The van der Waals surface area contributed by atoms with E-state index in [4.69, 9.17) is 4.98 Å². The van der Waals surface area contributed by atoms with Crippen LogP contribution in [0.25, 0.3) is 10.6 Å². The summed E-state index contributed by atoms with van der Waals surface area (Å²) in [5.74, 6) is 8.05. The summed E-state index contributed by atoms with van der Waals surface area (Å²) in [4.78, 5) is 11.5. The lowest BCUT2D eigenvalue weighted by Gasteiger charge is -2.46. The van der Waals surface area contributed by atoms with Gasteiger partial charge in [0.25, 0.3) is 0 Å². The van der Waals surface area contributed by atoms with Crippen LogP contribution in [0.1, 0.15) is 64.7 Å². The first kappa shape index (κ1) is 19.4. The van der Waals surface area contributed by atoms with Crippen molar-refractivity contribution >= 4 is 17.3 Å². The molecule has 1 saturated heterocycles. The minimum absolute atomic E-state index is 0.0960. The smallest absolute Gasteiger partial charge is 0.223 e. The molecule has 28 heavy (non-hydrogen) atoms. The highest BCUT2D eigenvalue weighted by molar-refractivity contribution is 7.16. The summed E-state index contributed by atoms with van der Waals surface area (Å²) >= 11 is 1.72. The van der Waals surface area contributed by atoms with Crippen LogP contribution in [0.3, 0.4) is 0 Å². The van der Waals surface area contributed by atoms with E-state index in [1.54, 1.807) is 11.3 Å². The number of thiophene rings is 1. The van der Waals surface area contributed by atoms with Crippen molar-refractivity contribution in [2.24, 2.45) is 5.92 Å². The molecule has 2 aromatic heterocycles. The van der Waals surface area contributed by atoms with Crippen molar-refractivity contribution in [1.82, 2.24) is 15.3 Å². The molecule has 1 saturated carbocycles. The second-order valence-corrected chi connectivity index (χ2v) is 10.6. The molecule has 1 aliphatic heterocycles. The number of hydrogen-bond donors (Lipinski definition) is 2. The van der Waals surface area contributed by atoms with Crippen LogP contribution in [0.15, 0.2) is 24.4 Å². The summed E-state index contributed by atoms with van der Waals surface area (Å²) in [5, 5.41) is 7.30. The molecule has 0 radical (unpaired) electrons. The molecule has 4 rings (SSSR count). The summed E-state index contributed by atoms with van der Waals surface area (Å²) in [6, 6.07) is 6.57. The van der Waals surface area contributed by atoms with E-state index in [0.717, 1.165) is 28.3 Å². The maximum absolute atomic E-state index is 4.79. The molecule has 0 unspecified atom stereocenters. The lowest BCUT2D eigenvalue weighted by atomic mass is 9.80. The van der Waals surface area contributed by atoms with Gasteiger partial charge in [0.1, 0.15) is 0 Å². The quantitative estimate of drug-likeness (QED) is 0.713. The fourth-order valence-electron chi connectivity index (χ4n) is 4.44. The van der Waals surface area contributed by atoms with Gasteiger partial charge in [-0.15, -0.1) is 11.3 Å². The lowest BCUT2D eigenvalue weighted by Crippen LogP contribution is -2.60. The van der Waals surface area contributed by atoms with Crippen molar-refractivity contribution < 1.29 is 0 Å². The van der Waals surface area contributed by atoms with Crippen molar-refractivity contribution in [3.63, 3.8) is 0 Å². The number of aromatic nitrogens is 2. The van der Waals surface area contributed by atoms with Gasteiger partial charge in [-0.2, -0.15) is 0 Å². The molecular formula is C23H30N4S. The first-order valence-electron chi connectivity index (χ1n) is 10.3. The lowest BCUT2D eigenvalue weighted by molar-refractivity contribution is 0.170. The van der Waals surface area contributed by atoms with Crippen molar-refractivity contribution in [2.75, 3.05) is 5.32 Å². The Labute approximate surface area is 172 Å². The predicted octanol–water partition coefficient (Wildman–Crippen LogP) is 5.08. The zero-order valence-corrected chi connectivity index (χ0v) is 18.1. The van der Waals surface area contributed by atoms with Crippen LogP contribution in [-0.2, 0) is 0 Å². The number of rotatable bonds is 3. The van der Waals surface area contributed by atoms with Crippen molar-refractivity contribution in [2.45, 2.75) is 76.9 Å². The van der Waals surface area contributed by atoms with Gasteiger partial charge in [0.15, 0.2) is 0 Å². The van der Waals surface area contributed by atoms with E-state index in [-0.39, 0.29) is 11.1 Å². The third kappa shape index (κ3) is 4.74. The number of hydrogen-bond acceptors (Lipinski definition) is 5. The third-order valence-corrected chi connectivity index (χ3v) is 6.57. The standard InChI is InChI=1S/C23H30N4S/c1-22(2)14-17(15-23(3,4)27-22)25-21-24-13-12-19(26-21)20-11-10-18(28-20)9-8-16-6-5-7-16/h10-13,16-17,27H,5-7,14-15H2,1-4H3,(H,24,25,26). The summed E-state index contributed by atoms with van der Waals surface area (Å²) in [6.07, 6.45) is 7.79. The average Bonchev–Trinajstić information content (AvgIpc) is 2.99. The molecule has 2 fully saturated rings. The van der Waals surface area contributed by atoms with E-state index >= 15 is 0 Å². The van der Waals surface area contributed by atoms with E-state index in [1.165, 1.54) is 19.3 Å². The van der Waals surface area contributed by atoms with Crippen LogP contribution in [0.4, 0.5) is 5.95 Å².